The number of nitro benzene ring substituents is 2. The van der Waals surface area contributed by atoms with Gasteiger partial charge in [0.2, 0.25) is 11.8 Å². The number of benzene rings is 4. The lowest BCUT2D eigenvalue weighted by Crippen LogP contribution is -2.61. The number of hydrogen-bond donors (Lipinski definition) is 6. The fraction of sp³-hybridized carbons (Fsp3) is 0.280. The van der Waals surface area contributed by atoms with Crippen molar-refractivity contribution < 1.29 is 48.1 Å². The van der Waals surface area contributed by atoms with Gasteiger partial charge in [-0.3, -0.25) is 39.4 Å². The minimum Gasteiger partial charge on any atom is -0.451 e. The van der Waals surface area contributed by atoms with Crippen LogP contribution >= 0.6 is 0 Å². The highest BCUT2D eigenvalue weighted by Gasteiger charge is 2.38. The molecule has 4 amide bonds. The number of nitrogens with one attached hydrogen (secondary N) is 4. The second kappa shape index (κ2) is 22.5. The van der Waals surface area contributed by atoms with Crippen molar-refractivity contribution >= 4 is 35.0 Å². The van der Waals surface area contributed by atoms with Crippen LogP contribution in [0.2, 0.25) is 0 Å². The van der Waals surface area contributed by atoms with E-state index in [1.54, 1.807) is 88.4 Å². The highest BCUT2D eigenvalue weighted by atomic mass is 16.6. The molecule has 6 rings (SSSR count). The van der Waals surface area contributed by atoms with Crippen molar-refractivity contribution in [1.29, 1.82) is 0 Å². The highest BCUT2D eigenvalue weighted by molar-refractivity contribution is 5.97. The normalized spacial score (nSPS) is 13.9. The zero-order valence-corrected chi connectivity index (χ0v) is 37.6. The van der Waals surface area contributed by atoms with Crippen LogP contribution in [0.5, 0.6) is 0 Å². The topological polar surface area (TPSA) is 269 Å². The molecular formula is C50H52N6O12. The van der Waals surface area contributed by atoms with Gasteiger partial charge in [0.15, 0.2) is 11.5 Å². The molecule has 0 spiro atoms. The third kappa shape index (κ3) is 12.7. The largest absolute Gasteiger partial charge is 0.451 e. The summed E-state index contributed by atoms with van der Waals surface area (Å²) in [5.41, 5.74) is 2.14. The molecule has 4 aromatic carbocycles. The lowest BCUT2D eigenvalue weighted by atomic mass is 9.90. The Kier molecular flexibility index (Phi) is 16.4. The molecule has 68 heavy (non-hydrogen) atoms. The Hall–Kier alpha value is -7.96. The Bertz CT molecular complexity index is 2500. The Labute approximate surface area is 391 Å². The molecule has 6 N–H and O–H groups in total. The molecular weight excluding hydrogens is 877 g/mol. The van der Waals surface area contributed by atoms with Crippen LogP contribution in [0.25, 0.3) is 22.6 Å². The van der Waals surface area contributed by atoms with Crippen molar-refractivity contribution in [3.8, 4) is 22.6 Å². The van der Waals surface area contributed by atoms with Crippen molar-refractivity contribution in [2.45, 2.75) is 76.9 Å². The maximum Gasteiger partial charge on any atom is 0.287 e. The molecule has 6 atom stereocenters. The van der Waals surface area contributed by atoms with Crippen LogP contribution in [0.4, 0.5) is 11.4 Å². The summed E-state index contributed by atoms with van der Waals surface area (Å²) < 4.78 is 11.5. The predicted molar refractivity (Wildman–Crippen MR) is 250 cm³/mol. The van der Waals surface area contributed by atoms with Crippen molar-refractivity contribution in [3.63, 3.8) is 0 Å². The highest BCUT2D eigenvalue weighted by Crippen LogP contribution is 2.27. The number of carbonyl (C=O) groups is 4. The first kappa shape index (κ1) is 49.5. The second-order valence-corrected chi connectivity index (χ2v) is 16.9. The molecule has 2 aromatic heterocycles. The first-order chi connectivity index (χ1) is 32.5. The summed E-state index contributed by atoms with van der Waals surface area (Å²) in [6.07, 6.45) is -3.36. The van der Waals surface area contributed by atoms with Gasteiger partial charge < -0.3 is 40.3 Å². The summed E-state index contributed by atoms with van der Waals surface area (Å²) in [5, 5.41) is 57.5. The van der Waals surface area contributed by atoms with Crippen LogP contribution in [0.3, 0.4) is 0 Å². The van der Waals surface area contributed by atoms with Gasteiger partial charge in [0, 0.05) is 35.4 Å². The van der Waals surface area contributed by atoms with Gasteiger partial charge in [0.1, 0.15) is 35.8 Å². The van der Waals surface area contributed by atoms with Crippen LogP contribution < -0.4 is 21.3 Å². The average molecular weight is 929 g/mol. The number of amides is 4. The van der Waals surface area contributed by atoms with Crippen LogP contribution in [0, 0.1) is 32.1 Å². The SMILES string of the molecule is CC(C)[C@H](NC(=O)c1ccc(-c2ccc([N+](=O)[O-])cc2)o1)C(=O)N[C@@H](Cc1ccccc1)[C@@H](O)[C@H](O)[C@H](Cc1ccccc1)NC(=O)[C@@H](NC(=O)c1ccc(-c2ccc([N+](=O)[O-])cc2)o1)C(C)C. The number of non-ortho nitro benzene ring substituents is 2. The Balaban J connectivity index is 1.20. The van der Waals surface area contributed by atoms with E-state index in [0.29, 0.717) is 22.3 Å². The van der Waals surface area contributed by atoms with Gasteiger partial charge in [0.05, 0.1) is 21.9 Å². The van der Waals surface area contributed by atoms with E-state index >= 15 is 0 Å². The Morgan fingerprint density at radius 1 is 0.500 bits per heavy atom. The first-order valence-electron chi connectivity index (χ1n) is 21.8. The Morgan fingerprint density at radius 2 is 0.838 bits per heavy atom. The van der Waals surface area contributed by atoms with E-state index < -0.39 is 81.7 Å². The van der Waals surface area contributed by atoms with E-state index in [9.17, 15) is 49.6 Å². The van der Waals surface area contributed by atoms with Crippen LogP contribution in [-0.2, 0) is 22.4 Å². The molecule has 0 saturated carbocycles. The number of nitrogens with zero attached hydrogens (tertiary/aromatic N) is 2. The zero-order valence-electron chi connectivity index (χ0n) is 37.6. The van der Waals surface area contributed by atoms with Crippen molar-refractivity contribution in [2.75, 3.05) is 0 Å². The molecule has 0 radical (unpaired) electrons. The monoisotopic (exact) mass is 928 g/mol. The van der Waals surface area contributed by atoms with Crippen molar-refractivity contribution in [3.05, 3.63) is 176 Å². The van der Waals surface area contributed by atoms with Crippen molar-refractivity contribution in [2.24, 2.45) is 11.8 Å². The van der Waals surface area contributed by atoms with Gasteiger partial charge in [-0.25, -0.2) is 0 Å². The zero-order chi connectivity index (χ0) is 49.1. The molecule has 0 saturated heterocycles. The predicted octanol–water partition coefficient (Wildman–Crippen LogP) is 6.41. The summed E-state index contributed by atoms with van der Waals surface area (Å²) in [5.74, 6) is -3.47. The third-order valence-corrected chi connectivity index (χ3v) is 11.3. The molecule has 0 unspecified atom stereocenters. The summed E-state index contributed by atoms with van der Waals surface area (Å²) in [6, 6.07) is 30.2. The fourth-order valence-electron chi connectivity index (χ4n) is 7.49. The van der Waals surface area contributed by atoms with Gasteiger partial charge in [0.25, 0.3) is 23.2 Å². The van der Waals surface area contributed by atoms with E-state index in [1.807, 2.05) is 0 Å². The van der Waals surface area contributed by atoms with Gasteiger partial charge in [-0.1, -0.05) is 88.4 Å². The number of aliphatic hydroxyl groups is 2. The number of nitro groups is 2. The van der Waals surface area contributed by atoms with E-state index in [4.69, 9.17) is 8.83 Å². The molecule has 6 aromatic rings. The number of rotatable bonds is 21. The molecule has 0 aliphatic carbocycles. The molecule has 18 heteroatoms. The van der Waals surface area contributed by atoms with Gasteiger partial charge in [-0.15, -0.1) is 0 Å². The van der Waals surface area contributed by atoms with Crippen molar-refractivity contribution in [1.82, 2.24) is 21.3 Å². The average Bonchev–Trinajstić information content (AvgIpc) is 4.04. The molecule has 18 nitrogen and oxygen atoms in total. The van der Waals surface area contributed by atoms with Gasteiger partial charge in [-0.05, 0) is 84.3 Å². The maximum absolute atomic E-state index is 14.2. The summed E-state index contributed by atoms with van der Waals surface area (Å²) >= 11 is 0. The maximum atomic E-state index is 14.2. The minimum atomic E-state index is -1.71. The molecule has 0 aliphatic heterocycles. The van der Waals surface area contributed by atoms with E-state index in [2.05, 4.69) is 21.3 Å². The lowest BCUT2D eigenvalue weighted by molar-refractivity contribution is -0.385. The van der Waals surface area contributed by atoms with E-state index in [1.165, 1.54) is 72.8 Å². The Morgan fingerprint density at radius 3 is 1.15 bits per heavy atom. The molecule has 0 fully saturated rings. The van der Waals surface area contributed by atoms with Gasteiger partial charge >= 0.3 is 0 Å². The number of hydrogen-bond acceptors (Lipinski definition) is 12. The molecule has 354 valence electrons. The molecule has 0 bridgehead atoms. The van der Waals surface area contributed by atoms with Crippen LogP contribution in [0.1, 0.15) is 59.9 Å². The summed E-state index contributed by atoms with van der Waals surface area (Å²) in [6.45, 7) is 6.86. The molecule has 0 aliphatic rings. The van der Waals surface area contributed by atoms with Gasteiger partial charge in [-0.2, -0.15) is 0 Å². The minimum absolute atomic E-state index is 0.0298. The summed E-state index contributed by atoms with van der Waals surface area (Å²) in [7, 11) is 0. The fourth-order valence-corrected chi connectivity index (χ4v) is 7.49. The molecule has 2 heterocycles. The number of furan rings is 2. The van der Waals surface area contributed by atoms with E-state index in [-0.39, 0.29) is 47.3 Å². The second-order valence-electron chi connectivity index (χ2n) is 16.9. The van der Waals surface area contributed by atoms with Crippen LogP contribution in [0.15, 0.2) is 142 Å². The standard InChI is InChI=1S/C50H52N6O12/c1-29(2)43(53-47(59)41-25-23-39(67-41)33-15-19-35(20-16-33)55(63)64)49(61)51-37(27-31-11-7-5-8-12-31)45(57)46(58)38(28-32-13-9-6-10-14-32)52-50(62)44(30(3)4)54-48(60)42-26-24-40(68-42)34-17-21-36(22-18-34)56(65)66/h5-26,29-30,37-38,43-46,57-58H,27-28H2,1-4H3,(H,51,61)(H,52,62)(H,53,59)(H,54,60)/t37-,38-,43-,44-,45+,46+/m0/s1. The lowest BCUT2D eigenvalue weighted by Gasteiger charge is -2.35. The third-order valence-electron chi connectivity index (χ3n) is 11.3. The number of aliphatic hydroxyl groups excluding tert-OH is 2. The van der Waals surface area contributed by atoms with E-state index in [0.717, 1.165) is 0 Å². The quantitative estimate of drug-likeness (QED) is 0.0338. The first-order valence-corrected chi connectivity index (χ1v) is 21.8. The smallest absolute Gasteiger partial charge is 0.287 e. The number of carbonyl (C=O) groups excluding carboxylic acids is 4. The summed E-state index contributed by atoms with van der Waals surface area (Å²) in [4.78, 5) is 76.6. The van der Waals surface area contributed by atoms with Crippen LogP contribution in [-0.4, -0.2) is 80.1 Å².